The van der Waals surface area contributed by atoms with Gasteiger partial charge in [0.25, 0.3) is 5.91 Å². The van der Waals surface area contributed by atoms with Crippen molar-refractivity contribution in [2.75, 3.05) is 13.7 Å². The zero-order valence-corrected chi connectivity index (χ0v) is 14.5. The largest absolute Gasteiger partial charge is 0.496 e. The second kappa shape index (κ2) is 8.15. The lowest BCUT2D eigenvalue weighted by Gasteiger charge is -2.23. The molecule has 0 heterocycles. The molecule has 2 rings (SSSR count). The van der Waals surface area contributed by atoms with E-state index in [4.69, 9.17) is 10.5 Å². The van der Waals surface area contributed by atoms with Crippen molar-refractivity contribution in [3.8, 4) is 5.75 Å². The Balaban J connectivity index is 1.98. The predicted molar refractivity (Wildman–Crippen MR) is 92.8 cm³/mol. The van der Waals surface area contributed by atoms with Crippen molar-refractivity contribution >= 4 is 11.8 Å². The Labute approximate surface area is 143 Å². The number of benzene rings is 1. The third-order valence-electron chi connectivity index (χ3n) is 4.33. The molecule has 1 aliphatic rings. The van der Waals surface area contributed by atoms with E-state index in [1.54, 1.807) is 24.3 Å². The van der Waals surface area contributed by atoms with Crippen LogP contribution in [0.2, 0.25) is 0 Å². The number of carbonyl (C=O) groups excluding carboxylic acids is 2. The molecule has 2 amide bonds. The molecule has 1 aromatic rings. The van der Waals surface area contributed by atoms with E-state index in [-0.39, 0.29) is 23.8 Å². The topological polar surface area (TPSA) is 93.4 Å². The fourth-order valence-electron chi connectivity index (χ4n) is 2.61. The number of hydrogen-bond acceptors (Lipinski definition) is 4. The van der Waals surface area contributed by atoms with E-state index in [0.29, 0.717) is 23.8 Å². The van der Waals surface area contributed by atoms with Gasteiger partial charge in [-0.3, -0.25) is 9.59 Å². The van der Waals surface area contributed by atoms with E-state index in [1.165, 1.54) is 7.11 Å². The summed E-state index contributed by atoms with van der Waals surface area (Å²) >= 11 is 0. The minimum absolute atomic E-state index is 0.00770. The van der Waals surface area contributed by atoms with Crippen LogP contribution < -0.4 is 21.1 Å². The van der Waals surface area contributed by atoms with Gasteiger partial charge in [0.05, 0.1) is 12.7 Å². The molecular weight excluding hydrogens is 306 g/mol. The van der Waals surface area contributed by atoms with Crippen molar-refractivity contribution in [2.24, 2.45) is 17.6 Å². The fraction of sp³-hybridized carbons (Fsp3) is 0.556. The summed E-state index contributed by atoms with van der Waals surface area (Å²) in [6.45, 7) is 4.23. The summed E-state index contributed by atoms with van der Waals surface area (Å²) in [6, 6.07) is 6.32. The first-order chi connectivity index (χ1) is 11.4. The standard InChI is InChI=1S/C18H27N3O3/c1-11(2)16(18(23)20-10-14(19)12-8-9-12)21-17(22)13-6-4-5-7-15(13)24-3/h4-7,11-12,14,16H,8-10,19H2,1-3H3,(H,20,23)(H,21,22). The Morgan fingerprint density at radius 3 is 2.54 bits per heavy atom. The third kappa shape index (κ3) is 4.71. The third-order valence-corrected chi connectivity index (χ3v) is 4.33. The van der Waals surface area contributed by atoms with Crippen LogP contribution in [0.4, 0.5) is 0 Å². The number of nitrogens with one attached hydrogen (secondary N) is 2. The summed E-state index contributed by atoms with van der Waals surface area (Å²) in [5, 5.41) is 5.66. The first-order valence-corrected chi connectivity index (χ1v) is 8.41. The van der Waals surface area contributed by atoms with Gasteiger partial charge in [-0.25, -0.2) is 0 Å². The number of carbonyl (C=O) groups is 2. The minimum Gasteiger partial charge on any atom is -0.496 e. The van der Waals surface area contributed by atoms with Crippen LogP contribution in [-0.4, -0.2) is 37.6 Å². The summed E-state index contributed by atoms with van der Waals surface area (Å²) in [7, 11) is 1.51. The lowest BCUT2D eigenvalue weighted by Crippen LogP contribution is -2.52. The monoisotopic (exact) mass is 333 g/mol. The molecule has 0 spiro atoms. The average molecular weight is 333 g/mol. The molecule has 2 atom stereocenters. The maximum atomic E-state index is 12.5. The summed E-state index contributed by atoms with van der Waals surface area (Å²) in [5.74, 6) is 0.428. The molecular formula is C18H27N3O3. The van der Waals surface area contributed by atoms with Crippen LogP contribution in [0.3, 0.4) is 0 Å². The molecule has 1 aliphatic carbocycles. The van der Waals surface area contributed by atoms with Crippen molar-refractivity contribution in [1.29, 1.82) is 0 Å². The molecule has 1 aromatic carbocycles. The van der Waals surface area contributed by atoms with Gasteiger partial charge in [-0.1, -0.05) is 26.0 Å². The number of methoxy groups -OCH3 is 1. The number of ether oxygens (including phenoxy) is 1. The highest BCUT2D eigenvalue weighted by molar-refractivity contribution is 5.99. The van der Waals surface area contributed by atoms with Crippen molar-refractivity contribution < 1.29 is 14.3 Å². The Morgan fingerprint density at radius 1 is 1.29 bits per heavy atom. The van der Waals surface area contributed by atoms with Gasteiger partial charge in [-0.2, -0.15) is 0 Å². The molecule has 0 aromatic heterocycles. The average Bonchev–Trinajstić information content (AvgIpc) is 3.41. The molecule has 2 unspecified atom stereocenters. The Kier molecular flexibility index (Phi) is 6.20. The van der Waals surface area contributed by atoms with Crippen molar-refractivity contribution in [1.82, 2.24) is 10.6 Å². The lowest BCUT2D eigenvalue weighted by atomic mass is 10.0. The number of rotatable bonds is 8. The normalized spacial score (nSPS) is 16.4. The Morgan fingerprint density at radius 2 is 1.96 bits per heavy atom. The zero-order chi connectivity index (χ0) is 17.7. The van der Waals surface area contributed by atoms with Crippen LogP contribution in [0.15, 0.2) is 24.3 Å². The van der Waals surface area contributed by atoms with Crippen LogP contribution in [-0.2, 0) is 4.79 Å². The first kappa shape index (κ1) is 18.3. The maximum absolute atomic E-state index is 12.5. The molecule has 0 saturated heterocycles. The first-order valence-electron chi connectivity index (χ1n) is 8.41. The van der Waals surface area contributed by atoms with E-state index in [1.807, 2.05) is 13.8 Å². The molecule has 0 bridgehead atoms. The second-order valence-corrected chi connectivity index (χ2v) is 6.64. The van der Waals surface area contributed by atoms with Gasteiger partial charge in [-0.05, 0) is 36.8 Å². The fourth-order valence-corrected chi connectivity index (χ4v) is 2.61. The van der Waals surface area contributed by atoms with Gasteiger partial charge in [0.1, 0.15) is 11.8 Å². The van der Waals surface area contributed by atoms with Crippen LogP contribution in [0.25, 0.3) is 0 Å². The highest BCUT2D eigenvalue weighted by Gasteiger charge is 2.30. The van der Waals surface area contributed by atoms with Gasteiger partial charge in [0.2, 0.25) is 5.91 Å². The van der Waals surface area contributed by atoms with Crippen molar-refractivity contribution in [3.63, 3.8) is 0 Å². The van der Waals surface area contributed by atoms with Gasteiger partial charge in [0.15, 0.2) is 0 Å². The Hall–Kier alpha value is -2.08. The molecule has 6 heteroatoms. The van der Waals surface area contributed by atoms with Gasteiger partial charge < -0.3 is 21.1 Å². The molecule has 6 nitrogen and oxygen atoms in total. The Bertz CT molecular complexity index is 585. The van der Waals surface area contributed by atoms with Crippen molar-refractivity contribution in [3.05, 3.63) is 29.8 Å². The van der Waals surface area contributed by atoms with Gasteiger partial charge in [0, 0.05) is 12.6 Å². The summed E-state index contributed by atoms with van der Waals surface area (Å²) < 4.78 is 5.20. The van der Waals surface area contributed by atoms with E-state index in [2.05, 4.69) is 10.6 Å². The van der Waals surface area contributed by atoms with Crippen LogP contribution in [0.5, 0.6) is 5.75 Å². The minimum atomic E-state index is -0.617. The van der Waals surface area contributed by atoms with E-state index in [0.717, 1.165) is 12.8 Å². The summed E-state index contributed by atoms with van der Waals surface area (Å²) in [5.41, 5.74) is 6.43. The number of nitrogens with two attached hydrogens (primary N) is 1. The van der Waals surface area contributed by atoms with E-state index >= 15 is 0 Å². The van der Waals surface area contributed by atoms with Gasteiger partial charge in [-0.15, -0.1) is 0 Å². The molecule has 24 heavy (non-hydrogen) atoms. The van der Waals surface area contributed by atoms with Crippen LogP contribution >= 0.6 is 0 Å². The van der Waals surface area contributed by atoms with Gasteiger partial charge >= 0.3 is 0 Å². The predicted octanol–water partition coefficient (Wildman–Crippen LogP) is 1.30. The zero-order valence-electron chi connectivity index (χ0n) is 14.5. The molecule has 132 valence electrons. The molecule has 4 N–H and O–H groups in total. The lowest BCUT2D eigenvalue weighted by molar-refractivity contribution is -0.124. The van der Waals surface area contributed by atoms with Crippen LogP contribution in [0.1, 0.15) is 37.0 Å². The summed E-state index contributed by atoms with van der Waals surface area (Å²) in [6.07, 6.45) is 2.27. The van der Waals surface area contributed by atoms with Crippen LogP contribution in [0, 0.1) is 11.8 Å². The highest BCUT2D eigenvalue weighted by Crippen LogP contribution is 2.31. The number of amides is 2. The SMILES string of the molecule is COc1ccccc1C(=O)NC(C(=O)NCC(N)C1CC1)C(C)C. The second-order valence-electron chi connectivity index (χ2n) is 6.64. The maximum Gasteiger partial charge on any atom is 0.255 e. The highest BCUT2D eigenvalue weighted by atomic mass is 16.5. The van der Waals surface area contributed by atoms with E-state index < -0.39 is 6.04 Å². The molecule has 1 fully saturated rings. The smallest absolute Gasteiger partial charge is 0.255 e. The molecule has 1 saturated carbocycles. The molecule has 0 aliphatic heterocycles. The number of hydrogen-bond donors (Lipinski definition) is 3. The quantitative estimate of drug-likeness (QED) is 0.668. The molecule has 0 radical (unpaired) electrons. The van der Waals surface area contributed by atoms with E-state index in [9.17, 15) is 9.59 Å². The number of para-hydroxylation sites is 1. The summed E-state index contributed by atoms with van der Waals surface area (Å²) in [4.78, 5) is 24.9. The van der Waals surface area contributed by atoms with Crippen molar-refractivity contribution in [2.45, 2.75) is 38.8 Å².